The fourth-order valence-corrected chi connectivity index (χ4v) is 1.29. The number of carboxylic acid groups (broad SMARTS) is 6. The zero-order chi connectivity index (χ0) is 26.1. The Morgan fingerprint density at radius 3 is 1.28 bits per heavy atom. The molecule has 0 fully saturated rings. The van der Waals surface area contributed by atoms with Crippen LogP contribution >= 0.6 is 0 Å². The number of hydrogen-bond acceptors (Lipinski definition) is 8. The average molecular weight is 464 g/mol. The van der Waals surface area contributed by atoms with E-state index in [0.717, 1.165) is 6.92 Å². The predicted octanol–water partition coefficient (Wildman–Crippen LogP) is -0.321. The first-order valence-electron chi connectivity index (χ1n) is 8.24. The molecule has 0 aromatic heterocycles. The second-order valence-electron chi connectivity index (χ2n) is 5.68. The first-order chi connectivity index (χ1) is 14.5. The lowest BCUT2D eigenvalue weighted by molar-refractivity contribution is -0.170. The molecular weight excluding hydrogens is 440 g/mol. The molecule has 1 aromatic rings. The lowest BCUT2D eigenvalue weighted by Crippen LogP contribution is -2.42. The van der Waals surface area contributed by atoms with Gasteiger partial charge in [0.1, 0.15) is 6.10 Å². The molecule has 8 N–H and O–H groups in total. The van der Waals surface area contributed by atoms with Gasteiger partial charge in [0.05, 0.1) is 18.4 Å². The maximum absolute atomic E-state index is 10.3. The third-order valence-corrected chi connectivity index (χ3v) is 2.66. The first kappa shape index (κ1) is 32.6. The molecule has 0 heterocycles. The summed E-state index contributed by atoms with van der Waals surface area (Å²) in [5.74, 6) is -7.92. The number of aliphatic hydroxyl groups is 2. The fraction of sp³-hybridized carbons (Fsp3) is 0.333. The number of carboxylic acids is 6. The molecule has 1 atom stereocenters. The Morgan fingerprint density at radius 1 is 0.812 bits per heavy atom. The van der Waals surface area contributed by atoms with E-state index in [1.54, 1.807) is 30.3 Å². The van der Waals surface area contributed by atoms with Gasteiger partial charge in [-0.05, 0) is 19.1 Å². The van der Waals surface area contributed by atoms with Gasteiger partial charge in [-0.1, -0.05) is 18.2 Å². The van der Waals surface area contributed by atoms with Gasteiger partial charge in [-0.15, -0.1) is 0 Å². The Kier molecular flexibility index (Phi) is 17.0. The summed E-state index contributed by atoms with van der Waals surface area (Å²) in [6, 6.07) is 8.30. The van der Waals surface area contributed by atoms with Gasteiger partial charge in [-0.3, -0.25) is 14.4 Å². The highest BCUT2D eigenvalue weighted by atomic mass is 16.4. The SMILES string of the molecule is CC(=O)O.CC(O)C(=O)O.O=C(O)CC(O)(CC(=O)O)C(=O)O.O=C(O)c1ccccc1. The van der Waals surface area contributed by atoms with E-state index in [-0.39, 0.29) is 0 Å². The number of rotatable bonds is 7. The van der Waals surface area contributed by atoms with Gasteiger partial charge in [0.25, 0.3) is 5.97 Å². The van der Waals surface area contributed by atoms with E-state index in [1.807, 2.05) is 0 Å². The zero-order valence-corrected chi connectivity index (χ0v) is 16.9. The van der Waals surface area contributed by atoms with Crippen LogP contribution in [0.15, 0.2) is 30.3 Å². The van der Waals surface area contributed by atoms with Crippen LogP contribution in [-0.4, -0.2) is 88.4 Å². The molecule has 0 spiro atoms. The monoisotopic (exact) mass is 464 g/mol. The van der Waals surface area contributed by atoms with E-state index in [9.17, 15) is 24.0 Å². The largest absolute Gasteiger partial charge is 0.481 e. The lowest BCUT2D eigenvalue weighted by Gasteiger charge is -2.18. The van der Waals surface area contributed by atoms with Crippen molar-refractivity contribution in [2.75, 3.05) is 0 Å². The number of carbonyl (C=O) groups is 6. The van der Waals surface area contributed by atoms with Crippen molar-refractivity contribution < 1.29 is 69.6 Å². The predicted molar refractivity (Wildman–Crippen MR) is 103 cm³/mol. The molecule has 1 unspecified atom stereocenters. The van der Waals surface area contributed by atoms with Crippen LogP contribution in [0.25, 0.3) is 0 Å². The minimum absolute atomic E-state index is 0.331. The number of aliphatic hydroxyl groups excluding tert-OH is 1. The molecule has 0 saturated heterocycles. The Labute approximate surface area is 180 Å². The van der Waals surface area contributed by atoms with Crippen molar-refractivity contribution >= 4 is 35.8 Å². The number of aliphatic carboxylic acids is 5. The number of hydrogen-bond donors (Lipinski definition) is 8. The van der Waals surface area contributed by atoms with Crippen LogP contribution < -0.4 is 0 Å². The zero-order valence-electron chi connectivity index (χ0n) is 16.9. The van der Waals surface area contributed by atoms with Gasteiger partial charge < -0.3 is 40.9 Å². The Bertz CT molecular complexity index is 749. The third kappa shape index (κ3) is 20.7. The molecular formula is C18H24O14. The number of aromatic carboxylic acids is 1. The average Bonchev–Trinajstić information content (AvgIpc) is 2.61. The van der Waals surface area contributed by atoms with Crippen LogP contribution in [0.2, 0.25) is 0 Å². The van der Waals surface area contributed by atoms with E-state index in [4.69, 9.17) is 45.6 Å². The van der Waals surface area contributed by atoms with E-state index < -0.39 is 60.4 Å². The second kappa shape index (κ2) is 16.7. The van der Waals surface area contributed by atoms with E-state index in [0.29, 0.717) is 5.56 Å². The summed E-state index contributed by atoms with van der Waals surface area (Å²) in [6.45, 7) is 2.28. The van der Waals surface area contributed by atoms with Gasteiger partial charge in [0, 0.05) is 6.92 Å². The minimum atomic E-state index is -2.74. The highest BCUT2D eigenvalue weighted by Gasteiger charge is 2.40. The van der Waals surface area contributed by atoms with E-state index in [1.165, 1.54) is 6.92 Å². The standard InChI is InChI=1S/C7H6O2.C6H8O7.C3H6O3.C2H4O2/c8-7(9)6-4-2-1-3-5-6;7-3(8)1-6(13,5(11)12)2-4(9)10;1-2(4)3(5)6;1-2(3)4/h1-5H,(H,8,9);13H,1-2H2,(H,7,8)(H,9,10)(H,11,12);2,4H,1H3,(H,5,6);1H3,(H,3,4). The summed E-state index contributed by atoms with van der Waals surface area (Å²) in [4.78, 5) is 59.1. The summed E-state index contributed by atoms with van der Waals surface area (Å²) in [6.07, 6.45) is -3.52. The van der Waals surface area contributed by atoms with Crippen molar-refractivity contribution in [2.24, 2.45) is 0 Å². The molecule has 32 heavy (non-hydrogen) atoms. The van der Waals surface area contributed by atoms with Crippen LogP contribution in [0.4, 0.5) is 0 Å². The summed E-state index contributed by atoms with van der Waals surface area (Å²) >= 11 is 0. The molecule has 180 valence electrons. The van der Waals surface area contributed by atoms with Crippen molar-refractivity contribution in [3.8, 4) is 0 Å². The smallest absolute Gasteiger partial charge is 0.336 e. The summed E-state index contributed by atoms with van der Waals surface area (Å²) in [5, 5.41) is 65.4. The Balaban J connectivity index is -0.000000383. The molecule has 0 aliphatic rings. The molecule has 0 bridgehead atoms. The number of benzene rings is 1. The normalized spacial score (nSPS) is 10.2. The van der Waals surface area contributed by atoms with Gasteiger partial charge in [-0.25, -0.2) is 14.4 Å². The van der Waals surface area contributed by atoms with Crippen LogP contribution in [0.3, 0.4) is 0 Å². The van der Waals surface area contributed by atoms with Gasteiger partial charge in [0.2, 0.25) is 0 Å². The summed E-state index contributed by atoms with van der Waals surface area (Å²) in [7, 11) is 0. The first-order valence-corrected chi connectivity index (χ1v) is 8.24. The fourth-order valence-electron chi connectivity index (χ4n) is 1.29. The van der Waals surface area contributed by atoms with Gasteiger partial charge >= 0.3 is 29.8 Å². The van der Waals surface area contributed by atoms with Crippen LogP contribution in [0, 0.1) is 0 Å². The molecule has 1 rings (SSSR count). The van der Waals surface area contributed by atoms with Crippen molar-refractivity contribution in [2.45, 2.75) is 38.4 Å². The van der Waals surface area contributed by atoms with E-state index >= 15 is 0 Å². The highest BCUT2D eigenvalue weighted by molar-refractivity contribution is 5.88. The molecule has 1 aromatic carbocycles. The van der Waals surface area contributed by atoms with Gasteiger partial charge in [0.15, 0.2) is 5.60 Å². The topological polar surface area (TPSA) is 264 Å². The third-order valence-electron chi connectivity index (χ3n) is 2.66. The van der Waals surface area contributed by atoms with Crippen molar-refractivity contribution in [1.82, 2.24) is 0 Å². The molecule has 0 aliphatic carbocycles. The van der Waals surface area contributed by atoms with Gasteiger partial charge in [-0.2, -0.15) is 0 Å². The summed E-state index contributed by atoms with van der Waals surface area (Å²) in [5.41, 5.74) is -2.41. The van der Waals surface area contributed by atoms with Crippen LogP contribution in [-0.2, 0) is 24.0 Å². The van der Waals surface area contributed by atoms with E-state index in [2.05, 4.69) is 0 Å². The molecule has 0 amide bonds. The summed E-state index contributed by atoms with van der Waals surface area (Å²) < 4.78 is 0. The Morgan fingerprint density at radius 2 is 1.12 bits per heavy atom. The molecule has 0 saturated carbocycles. The minimum Gasteiger partial charge on any atom is -0.481 e. The van der Waals surface area contributed by atoms with Crippen molar-refractivity contribution in [3.63, 3.8) is 0 Å². The van der Waals surface area contributed by atoms with Crippen LogP contribution in [0.5, 0.6) is 0 Å². The maximum Gasteiger partial charge on any atom is 0.336 e. The lowest BCUT2D eigenvalue weighted by atomic mass is 9.96. The maximum atomic E-state index is 10.3. The Hall–Kier alpha value is -4.04. The second-order valence-corrected chi connectivity index (χ2v) is 5.68. The van der Waals surface area contributed by atoms with Crippen molar-refractivity contribution in [3.05, 3.63) is 35.9 Å². The quantitative estimate of drug-likeness (QED) is 0.257. The molecule has 14 nitrogen and oxygen atoms in total. The molecule has 0 radical (unpaired) electrons. The van der Waals surface area contributed by atoms with Crippen molar-refractivity contribution in [1.29, 1.82) is 0 Å². The molecule has 0 aliphatic heterocycles. The highest BCUT2D eigenvalue weighted by Crippen LogP contribution is 2.15. The molecule has 14 heteroatoms. The van der Waals surface area contributed by atoms with Crippen LogP contribution in [0.1, 0.15) is 37.0 Å².